The van der Waals surface area contributed by atoms with Crippen LogP contribution in [0.25, 0.3) is 0 Å². The minimum absolute atomic E-state index is 0. The Hall–Kier alpha value is -2.24. The van der Waals surface area contributed by atoms with Crippen molar-refractivity contribution in [3.8, 4) is 0 Å². The topological polar surface area (TPSA) is 150 Å². The van der Waals surface area contributed by atoms with E-state index < -0.39 is 29.9 Å². The number of carboxylic acid groups (broad SMARTS) is 1. The fraction of sp³-hybridized carbons (Fsp3) is 0.407. The van der Waals surface area contributed by atoms with E-state index in [1.54, 1.807) is 0 Å². The average Bonchev–Trinajstić information content (AvgIpc) is 2.95. The van der Waals surface area contributed by atoms with E-state index in [1.165, 1.54) is 29.2 Å². The second kappa shape index (κ2) is 12.5. The number of benzene rings is 2. The van der Waals surface area contributed by atoms with E-state index in [9.17, 15) is 24.3 Å². The first-order valence-electron chi connectivity index (χ1n) is 12.3. The number of anilines is 2. The first-order chi connectivity index (χ1) is 17.2. The van der Waals surface area contributed by atoms with Crippen LogP contribution in [0, 0.1) is 12.8 Å². The van der Waals surface area contributed by atoms with Crippen LogP contribution in [0.1, 0.15) is 65.9 Å². The van der Waals surface area contributed by atoms with Gasteiger partial charge in [0.1, 0.15) is 12.6 Å². The number of aromatic carboxylic acids is 1. The molecule has 2 aromatic rings. The Labute approximate surface area is 259 Å². The summed E-state index contributed by atoms with van der Waals surface area (Å²) >= 11 is 0. The number of carboxylic acids is 1. The number of carbonyl (C=O) groups is 4. The van der Waals surface area contributed by atoms with Crippen molar-refractivity contribution in [2.75, 3.05) is 16.3 Å². The molecule has 2 atom stereocenters. The monoisotopic (exact) mass is 530 g/mol. The summed E-state index contributed by atoms with van der Waals surface area (Å²) in [5.41, 5.74) is 13.9. The van der Waals surface area contributed by atoms with Crippen molar-refractivity contribution in [3.05, 3.63) is 59.2 Å². The number of carbonyl (C=O) groups excluding carboxylic acids is 4. The Morgan fingerprint density at radius 3 is 2.38 bits per heavy atom. The Bertz CT molecular complexity index is 1200. The number of hydrogen-bond acceptors (Lipinski definition) is 5. The number of fused-ring (bicyclic) bond motifs is 1. The van der Waals surface area contributed by atoms with Gasteiger partial charge >= 0.3 is 57.4 Å². The summed E-state index contributed by atoms with van der Waals surface area (Å²) in [4.78, 5) is 52.9. The normalized spacial score (nSPS) is 19.8. The van der Waals surface area contributed by atoms with E-state index in [4.69, 9.17) is 11.5 Å². The number of primary amides is 2. The van der Waals surface area contributed by atoms with Gasteiger partial charge in [-0.1, -0.05) is 43.5 Å². The molecule has 2 aliphatic rings. The summed E-state index contributed by atoms with van der Waals surface area (Å²) < 4.78 is 0. The molecule has 0 saturated heterocycles. The number of hydrogen-bond donors (Lipinski definition) is 2. The molecule has 1 heterocycles. The van der Waals surface area contributed by atoms with E-state index in [0.29, 0.717) is 5.69 Å². The van der Waals surface area contributed by atoms with Crippen molar-refractivity contribution in [3.63, 3.8) is 0 Å². The number of aryl methyl sites for hydroxylation is 1. The van der Waals surface area contributed by atoms with Gasteiger partial charge in [-0.05, 0) is 72.9 Å². The van der Waals surface area contributed by atoms with Crippen LogP contribution >= 0.6 is 0 Å². The quantitative estimate of drug-likeness (QED) is 0.469. The molecule has 190 valence electrons. The zero-order valence-corrected chi connectivity index (χ0v) is 24.4. The molecule has 10 heteroatoms. The number of urea groups is 1. The van der Waals surface area contributed by atoms with Gasteiger partial charge in [0, 0.05) is 11.4 Å². The third kappa shape index (κ3) is 6.43. The molecule has 1 fully saturated rings. The SMILES string of the molecule is Cc1ccc2c(c1)N(CC(N)=O)C(=O)C(N(C(N)=O)c1cccc(C(=O)[O-])c1)CC2C1CCCCC1.[K+]. The maximum absolute atomic E-state index is 14.1. The van der Waals surface area contributed by atoms with Crippen molar-refractivity contribution in [1.82, 2.24) is 0 Å². The summed E-state index contributed by atoms with van der Waals surface area (Å²) in [7, 11) is 0. The van der Waals surface area contributed by atoms with Crippen LogP contribution in [0.15, 0.2) is 42.5 Å². The van der Waals surface area contributed by atoms with E-state index in [1.807, 2.05) is 25.1 Å². The van der Waals surface area contributed by atoms with Crippen LogP contribution in [0.2, 0.25) is 0 Å². The molecule has 4 N–H and O–H groups in total. The zero-order chi connectivity index (χ0) is 26.0. The van der Waals surface area contributed by atoms with Crippen LogP contribution in [0.5, 0.6) is 0 Å². The van der Waals surface area contributed by atoms with Crippen molar-refractivity contribution >= 4 is 35.2 Å². The Kier molecular flexibility index (Phi) is 9.93. The van der Waals surface area contributed by atoms with E-state index >= 15 is 0 Å². The van der Waals surface area contributed by atoms with Crippen LogP contribution < -0.4 is 77.8 Å². The molecule has 9 nitrogen and oxygen atoms in total. The summed E-state index contributed by atoms with van der Waals surface area (Å²) in [5, 5.41) is 11.5. The molecule has 37 heavy (non-hydrogen) atoms. The molecule has 0 spiro atoms. The first kappa shape index (κ1) is 29.3. The number of amides is 4. The van der Waals surface area contributed by atoms with Crippen molar-refractivity contribution in [2.24, 2.45) is 17.4 Å². The van der Waals surface area contributed by atoms with Crippen molar-refractivity contribution < 1.29 is 75.7 Å². The standard InChI is InChI=1S/C27H32N4O5.K/c1-16-10-11-20-21(17-6-3-2-4-7-17)14-23(25(33)30(15-24(28)32)22(20)12-16)31(27(29)36)19-9-5-8-18(13-19)26(34)35;/h5,8-13,17,21,23H,2-4,6-7,14-15H2,1H3,(H2,28,32)(H2,29,36)(H,34,35);/q;+1/p-1. The molecule has 1 aliphatic carbocycles. The summed E-state index contributed by atoms with van der Waals surface area (Å²) in [5.74, 6) is -2.37. The maximum atomic E-state index is 14.1. The third-order valence-electron chi connectivity index (χ3n) is 7.35. The van der Waals surface area contributed by atoms with Gasteiger partial charge in [-0.3, -0.25) is 14.5 Å². The number of nitrogens with two attached hydrogens (primary N) is 2. The third-order valence-corrected chi connectivity index (χ3v) is 7.35. The molecule has 0 aromatic heterocycles. The smallest absolute Gasteiger partial charge is 0.545 e. The van der Waals surface area contributed by atoms with E-state index in [0.717, 1.165) is 48.1 Å². The molecule has 1 saturated carbocycles. The Morgan fingerprint density at radius 2 is 1.76 bits per heavy atom. The number of rotatable bonds is 6. The molecule has 2 unspecified atom stereocenters. The summed E-state index contributed by atoms with van der Waals surface area (Å²) in [6, 6.07) is 9.51. The summed E-state index contributed by atoms with van der Waals surface area (Å²) in [6.07, 6.45) is 5.59. The number of nitrogens with zero attached hydrogens (tertiary/aromatic N) is 2. The van der Waals surface area contributed by atoms with Gasteiger partial charge in [-0.25, -0.2) is 4.79 Å². The van der Waals surface area contributed by atoms with Crippen LogP contribution in [-0.2, 0) is 9.59 Å². The molecular weight excluding hydrogens is 499 g/mol. The molecule has 1 aliphatic heterocycles. The van der Waals surface area contributed by atoms with Gasteiger partial charge in [0.05, 0.1) is 5.97 Å². The van der Waals surface area contributed by atoms with Gasteiger partial charge < -0.3 is 26.3 Å². The Balaban J connectivity index is 0.00000380. The second-order valence-electron chi connectivity index (χ2n) is 9.76. The van der Waals surface area contributed by atoms with Crippen LogP contribution in [0.4, 0.5) is 16.2 Å². The molecule has 4 rings (SSSR count). The maximum Gasteiger partial charge on any atom is 1.00 e. The Morgan fingerprint density at radius 1 is 1.05 bits per heavy atom. The van der Waals surface area contributed by atoms with Gasteiger partial charge in [-0.2, -0.15) is 0 Å². The fourth-order valence-corrected chi connectivity index (χ4v) is 5.73. The fourth-order valence-electron chi connectivity index (χ4n) is 5.73. The molecule has 2 aromatic carbocycles. The summed E-state index contributed by atoms with van der Waals surface area (Å²) in [6.45, 7) is 1.56. The first-order valence-corrected chi connectivity index (χ1v) is 12.3. The minimum Gasteiger partial charge on any atom is -0.545 e. The van der Waals surface area contributed by atoms with Crippen LogP contribution in [0.3, 0.4) is 0 Å². The van der Waals surface area contributed by atoms with E-state index in [2.05, 4.69) is 0 Å². The van der Waals surface area contributed by atoms with E-state index in [-0.39, 0.29) is 87.4 Å². The molecule has 0 bridgehead atoms. The molecule has 4 amide bonds. The van der Waals surface area contributed by atoms with Gasteiger partial charge in [0.2, 0.25) is 5.91 Å². The van der Waals surface area contributed by atoms with Crippen molar-refractivity contribution in [1.29, 1.82) is 0 Å². The zero-order valence-electron chi connectivity index (χ0n) is 21.3. The average molecular weight is 531 g/mol. The predicted molar refractivity (Wildman–Crippen MR) is 133 cm³/mol. The predicted octanol–water partition coefficient (Wildman–Crippen LogP) is -0.798. The largest absolute Gasteiger partial charge is 1.00 e. The second-order valence-corrected chi connectivity index (χ2v) is 9.76. The van der Waals surface area contributed by atoms with Crippen molar-refractivity contribution in [2.45, 2.75) is 57.4 Å². The van der Waals surface area contributed by atoms with Crippen LogP contribution in [-0.4, -0.2) is 36.4 Å². The van der Waals surface area contributed by atoms with Gasteiger partial charge in [-0.15, -0.1) is 0 Å². The minimum atomic E-state index is -1.41. The molecular formula is C27H31KN4O5. The van der Waals surface area contributed by atoms with Gasteiger partial charge in [0.25, 0.3) is 5.91 Å². The van der Waals surface area contributed by atoms with Gasteiger partial charge in [0.15, 0.2) is 0 Å². The molecule has 0 radical (unpaired) electrons.